The molecule has 0 bridgehead atoms. The summed E-state index contributed by atoms with van der Waals surface area (Å²) in [6.45, 7) is -0.701. The Morgan fingerprint density at radius 1 is 1.23 bits per heavy atom. The van der Waals surface area contributed by atoms with Crippen LogP contribution in [0.1, 0.15) is 26.4 Å². The smallest absolute Gasteiger partial charge is 0.358 e. The van der Waals surface area contributed by atoms with Crippen molar-refractivity contribution in [1.29, 1.82) is 0 Å². The number of aliphatic hydroxyl groups excluding tert-OH is 1. The molecule has 114 valence electrons. The Morgan fingerprint density at radius 3 is 2.41 bits per heavy atom. The second-order valence-corrected chi connectivity index (χ2v) is 4.27. The lowest BCUT2D eigenvalue weighted by Gasteiger charge is -2.12. The van der Waals surface area contributed by atoms with Gasteiger partial charge in [0.25, 0.3) is 5.91 Å². The van der Waals surface area contributed by atoms with Crippen LogP contribution in [0.4, 0.5) is 10.1 Å². The van der Waals surface area contributed by atoms with Crippen LogP contribution in [0.3, 0.4) is 0 Å². The van der Waals surface area contributed by atoms with Gasteiger partial charge >= 0.3 is 5.97 Å². The van der Waals surface area contributed by atoms with Crippen molar-refractivity contribution < 1.29 is 29.3 Å². The van der Waals surface area contributed by atoms with E-state index in [0.29, 0.717) is 0 Å². The highest BCUT2D eigenvalue weighted by molar-refractivity contribution is 6.05. The summed E-state index contributed by atoms with van der Waals surface area (Å²) in [5.41, 5.74) is -0.710. The number of carbonyl (C=O) groups is 2. The number of amides is 1. The van der Waals surface area contributed by atoms with E-state index in [4.69, 9.17) is 5.11 Å². The maximum absolute atomic E-state index is 12.8. The number of nitrogens with one attached hydrogen (secondary N) is 1. The molecule has 22 heavy (non-hydrogen) atoms. The van der Waals surface area contributed by atoms with Gasteiger partial charge in [0.2, 0.25) is 0 Å². The highest BCUT2D eigenvalue weighted by atomic mass is 19.1. The molecular weight excluding hydrogens is 295 g/mol. The first-order chi connectivity index (χ1) is 10.4. The van der Waals surface area contributed by atoms with Crippen molar-refractivity contribution in [2.75, 3.05) is 5.32 Å². The molecule has 0 aliphatic rings. The quantitative estimate of drug-likeness (QED) is 0.677. The molecule has 2 rings (SSSR count). The number of anilines is 1. The van der Waals surface area contributed by atoms with Crippen LogP contribution in [0.5, 0.6) is 5.75 Å². The van der Waals surface area contributed by atoms with E-state index in [1.54, 1.807) is 0 Å². The fourth-order valence-electron chi connectivity index (χ4n) is 1.76. The number of carbonyl (C=O) groups excluding carboxylic acids is 1. The minimum atomic E-state index is -1.47. The van der Waals surface area contributed by atoms with Crippen molar-refractivity contribution in [2.45, 2.75) is 6.61 Å². The predicted octanol–water partition coefficient (Wildman–Crippen LogP) is 1.37. The molecule has 0 saturated carbocycles. The molecule has 0 spiro atoms. The zero-order chi connectivity index (χ0) is 16.3. The Morgan fingerprint density at radius 2 is 1.86 bits per heavy atom. The average Bonchev–Trinajstić information content (AvgIpc) is 2.47. The Labute approximate surface area is 123 Å². The fourth-order valence-corrected chi connectivity index (χ4v) is 1.76. The minimum absolute atomic E-state index is 0.0423. The van der Waals surface area contributed by atoms with Crippen molar-refractivity contribution in [2.24, 2.45) is 0 Å². The highest BCUT2D eigenvalue weighted by Crippen LogP contribution is 2.28. The van der Waals surface area contributed by atoms with Crippen molar-refractivity contribution in [1.82, 2.24) is 4.98 Å². The number of aliphatic hydroxyl groups is 1. The first-order valence-electron chi connectivity index (χ1n) is 6.06. The Balaban J connectivity index is 2.33. The van der Waals surface area contributed by atoms with E-state index in [9.17, 15) is 24.2 Å². The Kier molecular flexibility index (Phi) is 4.33. The number of aromatic hydroxyl groups is 1. The number of hydrogen-bond acceptors (Lipinski definition) is 5. The molecule has 1 amide bonds. The lowest BCUT2D eigenvalue weighted by atomic mass is 10.1. The SMILES string of the molecule is O=C(Nc1cnc(C(=O)O)c(O)c1CO)c1ccc(F)cc1. The molecule has 1 heterocycles. The zero-order valence-electron chi connectivity index (χ0n) is 11.1. The third-order valence-electron chi connectivity index (χ3n) is 2.87. The number of pyridine rings is 1. The third-order valence-corrected chi connectivity index (χ3v) is 2.87. The van der Waals surface area contributed by atoms with Crippen molar-refractivity contribution in [3.05, 3.63) is 53.1 Å². The van der Waals surface area contributed by atoms with E-state index in [2.05, 4.69) is 10.3 Å². The van der Waals surface area contributed by atoms with Gasteiger partial charge in [0.15, 0.2) is 11.4 Å². The van der Waals surface area contributed by atoms with Crippen LogP contribution >= 0.6 is 0 Å². The largest absolute Gasteiger partial charge is 0.505 e. The van der Waals surface area contributed by atoms with E-state index in [0.717, 1.165) is 18.3 Å². The third kappa shape index (κ3) is 3.01. The van der Waals surface area contributed by atoms with E-state index >= 15 is 0 Å². The van der Waals surface area contributed by atoms with Crippen LogP contribution in [0.2, 0.25) is 0 Å². The molecule has 0 atom stereocenters. The molecule has 0 aliphatic carbocycles. The topological polar surface area (TPSA) is 120 Å². The predicted molar refractivity (Wildman–Crippen MR) is 73.1 cm³/mol. The molecule has 1 aromatic heterocycles. The van der Waals surface area contributed by atoms with Crippen LogP contribution in [-0.4, -0.2) is 32.2 Å². The summed E-state index contributed by atoms with van der Waals surface area (Å²) in [6.07, 6.45) is 1.01. The van der Waals surface area contributed by atoms with Gasteiger partial charge < -0.3 is 20.6 Å². The van der Waals surface area contributed by atoms with Crippen LogP contribution in [0, 0.1) is 5.82 Å². The number of hydrogen-bond donors (Lipinski definition) is 4. The van der Waals surface area contributed by atoms with Crippen LogP contribution < -0.4 is 5.32 Å². The fraction of sp³-hybridized carbons (Fsp3) is 0.0714. The van der Waals surface area contributed by atoms with E-state index in [-0.39, 0.29) is 16.8 Å². The van der Waals surface area contributed by atoms with Crippen molar-refractivity contribution in [3.8, 4) is 5.75 Å². The first-order valence-corrected chi connectivity index (χ1v) is 6.06. The standard InChI is InChI=1S/C14H11FN2O5/c15-8-3-1-7(2-4-8)13(20)17-10-5-16-11(14(21)22)12(19)9(10)6-18/h1-5,18-19H,6H2,(H,17,20)(H,21,22). The first kappa shape index (κ1) is 15.4. The van der Waals surface area contributed by atoms with Gasteiger partial charge in [-0.3, -0.25) is 4.79 Å². The summed E-state index contributed by atoms with van der Waals surface area (Å²) in [5, 5.41) is 30.2. The van der Waals surface area contributed by atoms with E-state index < -0.39 is 35.7 Å². The lowest BCUT2D eigenvalue weighted by molar-refractivity contribution is 0.0686. The van der Waals surface area contributed by atoms with Gasteiger partial charge in [-0.25, -0.2) is 14.2 Å². The maximum Gasteiger partial charge on any atom is 0.358 e. The number of benzene rings is 1. The normalized spacial score (nSPS) is 10.3. The second kappa shape index (κ2) is 6.19. The maximum atomic E-state index is 12.8. The van der Waals surface area contributed by atoms with Gasteiger partial charge in [-0.1, -0.05) is 0 Å². The number of halogens is 1. The number of carboxylic acid groups (broad SMARTS) is 1. The monoisotopic (exact) mass is 306 g/mol. The average molecular weight is 306 g/mol. The van der Waals surface area contributed by atoms with Crippen LogP contribution in [0.15, 0.2) is 30.5 Å². The van der Waals surface area contributed by atoms with Gasteiger partial charge in [-0.15, -0.1) is 0 Å². The van der Waals surface area contributed by atoms with Crippen LogP contribution in [0.25, 0.3) is 0 Å². The highest BCUT2D eigenvalue weighted by Gasteiger charge is 2.19. The summed E-state index contributed by atoms with van der Waals surface area (Å²) in [6, 6.07) is 4.71. The number of aromatic nitrogens is 1. The molecule has 1 aromatic carbocycles. The summed E-state index contributed by atoms with van der Waals surface area (Å²) < 4.78 is 12.8. The minimum Gasteiger partial charge on any atom is -0.505 e. The molecule has 0 aliphatic heterocycles. The molecule has 0 unspecified atom stereocenters. The molecule has 0 radical (unpaired) electrons. The lowest BCUT2D eigenvalue weighted by Crippen LogP contribution is -2.15. The number of aromatic carboxylic acids is 1. The molecule has 2 aromatic rings. The summed E-state index contributed by atoms with van der Waals surface area (Å²) in [5.74, 6) is -3.33. The molecule has 0 fully saturated rings. The van der Waals surface area contributed by atoms with Crippen molar-refractivity contribution in [3.63, 3.8) is 0 Å². The van der Waals surface area contributed by atoms with Gasteiger partial charge in [0, 0.05) is 11.1 Å². The number of nitrogens with zero attached hydrogens (tertiary/aromatic N) is 1. The van der Waals surface area contributed by atoms with E-state index in [1.165, 1.54) is 12.1 Å². The summed E-state index contributed by atoms with van der Waals surface area (Å²) in [7, 11) is 0. The van der Waals surface area contributed by atoms with Gasteiger partial charge in [-0.2, -0.15) is 0 Å². The molecule has 0 saturated heterocycles. The van der Waals surface area contributed by atoms with Gasteiger partial charge in [-0.05, 0) is 24.3 Å². The molecule has 7 nitrogen and oxygen atoms in total. The Hall–Kier alpha value is -3.00. The summed E-state index contributed by atoms with van der Waals surface area (Å²) >= 11 is 0. The molecule has 8 heteroatoms. The van der Waals surface area contributed by atoms with Gasteiger partial charge in [0.1, 0.15) is 5.82 Å². The number of carboxylic acids is 1. The van der Waals surface area contributed by atoms with E-state index in [1.807, 2.05) is 0 Å². The van der Waals surface area contributed by atoms with Crippen LogP contribution in [-0.2, 0) is 6.61 Å². The van der Waals surface area contributed by atoms with Gasteiger partial charge in [0.05, 0.1) is 18.5 Å². The Bertz CT molecular complexity index is 731. The second-order valence-electron chi connectivity index (χ2n) is 4.27. The molecular formula is C14H11FN2O5. The van der Waals surface area contributed by atoms with Crippen molar-refractivity contribution >= 4 is 17.6 Å². The number of rotatable bonds is 4. The molecule has 4 N–H and O–H groups in total. The summed E-state index contributed by atoms with van der Waals surface area (Å²) in [4.78, 5) is 26.3. The zero-order valence-corrected chi connectivity index (χ0v) is 11.1.